The van der Waals surface area contributed by atoms with E-state index in [0.717, 1.165) is 15.6 Å². The van der Waals surface area contributed by atoms with E-state index in [2.05, 4.69) is 15.9 Å². The predicted octanol–water partition coefficient (Wildman–Crippen LogP) is 4.69. The minimum absolute atomic E-state index is 0.247. The minimum Gasteiger partial charge on any atom is -0.489 e. The molecule has 0 bridgehead atoms. The Morgan fingerprint density at radius 2 is 2.05 bits per heavy atom. The summed E-state index contributed by atoms with van der Waals surface area (Å²) >= 11 is 9.46. The lowest BCUT2D eigenvalue weighted by atomic mass is 10.1. The van der Waals surface area contributed by atoms with Crippen LogP contribution in [0.25, 0.3) is 0 Å². The predicted molar refractivity (Wildman–Crippen MR) is 81.6 cm³/mol. The van der Waals surface area contributed by atoms with Gasteiger partial charge in [0, 0.05) is 15.1 Å². The summed E-state index contributed by atoms with van der Waals surface area (Å²) in [5, 5.41) is 9.53. The van der Waals surface area contributed by atoms with Crippen LogP contribution in [-0.4, -0.2) is 11.1 Å². The third-order valence-electron chi connectivity index (χ3n) is 2.82. The van der Waals surface area contributed by atoms with Gasteiger partial charge in [-0.1, -0.05) is 33.6 Å². The van der Waals surface area contributed by atoms with E-state index in [1.54, 1.807) is 18.2 Å². The molecular weight excluding hydrogens is 344 g/mol. The second-order valence-corrected chi connectivity index (χ2v) is 5.63. The number of aryl methyl sites for hydroxylation is 1. The van der Waals surface area contributed by atoms with Crippen LogP contribution in [0, 0.1) is 6.92 Å². The maximum atomic E-state index is 10.9. The highest BCUT2D eigenvalue weighted by Gasteiger charge is 2.08. The molecule has 104 valence electrons. The second kappa shape index (κ2) is 6.29. The van der Waals surface area contributed by atoms with Crippen molar-refractivity contribution < 1.29 is 14.6 Å². The van der Waals surface area contributed by atoms with Crippen LogP contribution in [0.2, 0.25) is 5.02 Å². The molecule has 0 spiro atoms. The Kier molecular flexibility index (Phi) is 4.68. The van der Waals surface area contributed by atoms with E-state index in [1.165, 1.54) is 6.07 Å². The van der Waals surface area contributed by atoms with E-state index in [1.807, 2.05) is 19.1 Å². The molecule has 0 aliphatic heterocycles. The lowest BCUT2D eigenvalue weighted by Crippen LogP contribution is -2.00. The quantitative estimate of drug-likeness (QED) is 0.865. The Balaban J connectivity index is 2.13. The topological polar surface area (TPSA) is 46.5 Å². The van der Waals surface area contributed by atoms with Crippen LogP contribution in [0.3, 0.4) is 0 Å². The van der Waals surface area contributed by atoms with Gasteiger partial charge >= 0.3 is 5.97 Å². The first-order chi connectivity index (χ1) is 9.47. The number of rotatable bonds is 4. The Labute approximate surface area is 130 Å². The van der Waals surface area contributed by atoms with Crippen molar-refractivity contribution in [2.75, 3.05) is 0 Å². The summed E-state index contributed by atoms with van der Waals surface area (Å²) < 4.78 is 6.60. The van der Waals surface area contributed by atoms with Crippen LogP contribution in [-0.2, 0) is 6.61 Å². The normalized spacial score (nSPS) is 10.3. The number of hydrogen-bond acceptors (Lipinski definition) is 2. The minimum atomic E-state index is -0.949. The maximum absolute atomic E-state index is 10.9. The van der Waals surface area contributed by atoms with Crippen molar-refractivity contribution >= 4 is 33.5 Å². The van der Waals surface area contributed by atoms with Gasteiger partial charge in [0.25, 0.3) is 0 Å². The molecule has 2 aromatic rings. The summed E-state index contributed by atoms with van der Waals surface area (Å²) in [5.41, 5.74) is 1.89. The highest BCUT2D eigenvalue weighted by atomic mass is 79.9. The standard InChI is InChI=1S/C15H12BrClO3/c1-9-6-10(15(18)19)3-5-14(9)20-8-11-2-4-12(16)7-13(11)17/h2-7H,8H2,1H3,(H,18,19). The third-order valence-corrected chi connectivity index (χ3v) is 3.67. The number of carbonyl (C=O) groups is 1. The molecule has 5 heteroatoms. The van der Waals surface area contributed by atoms with Gasteiger partial charge in [-0.2, -0.15) is 0 Å². The van der Waals surface area contributed by atoms with Crippen molar-refractivity contribution in [1.29, 1.82) is 0 Å². The van der Waals surface area contributed by atoms with Crippen molar-refractivity contribution in [2.45, 2.75) is 13.5 Å². The van der Waals surface area contributed by atoms with Crippen LogP contribution in [0.4, 0.5) is 0 Å². The lowest BCUT2D eigenvalue weighted by molar-refractivity contribution is 0.0696. The molecule has 3 nitrogen and oxygen atoms in total. The Hall–Kier alpha value is -1.52. The molecule has 0 saturated heterocycles. The van der Waals surface area contributed by atoms with Crippen molar-refractivity contribution in [3.8, 4) is 5.75 Å². The van der Waals surface area contributed by atoms with Gasteiger partial charge in [0.1, 0.15) is 12.4 Å². The Bertz CT molecular complexity index is 656. The molecule has 0 aliphatic rings. The number of carboxylic acid groups (broad SMARTS) is 1. The average Bonchev–Trinajstić information content (AvgIpc) is 2.38. The van der Waals surface area contributed by atoms with E-state index in [9.17, 15) is 4.79 Å². The van der Waals surface area contributed by atoms with E-state index >= 15 is 0 Å². The highest BCUT2D eigenvalue weighted by Crippen LogP contribution is 2.25. The van der Waals surface area contributed by atoms with E-state index in [4.69, 9.17) is 21.4 Å². The molecule has 1 N–H and O–H groups in total. The monoisotopic (exact) mass is 354 g/mol. The fourth-order valence-corrected chi connectivity index (χ4v) is 2.47. The van der Waals surface area contributed by atoms with Gasteiger partial charge in [-0.15, -0.1) is 0 Å². The molecule has 0 unspecified atom stereocenters. The maximum Gasteiger partial charge on any atom is 0.335 e. The van der Waals surface area contributed by atoms with Gasteiger partial charge in [0.05, 0.1) is 5.56 Å². The summed E-state index contributed by atoms with van der Waals surface area (Å²) in [7, 11) is 0. The number of halogens is 2. The van der Waals surface area contributed by atoms with Gasteiger partial charge in [-0.05, 0) is 42.8 Å². The summed E-state index contributed by atoms with van der Waals surface area (Å²) in [6, 6.07) is 10.3. The summed E-state index contributed by atoms with van der Waals surface area (Å²) in [5.74, 6) is -0.301. The highest BCUT2D eigenvalue weighted by molar-refractivity contribution is 9.10. The van der Waals surface area contributed by atoms with Gasteiger partial charge in [-0.3, -0.25) is 0 Å². The van der Waals surface area contributed by atoms with Crippen molar-refractivity contribution in [3.63, 3.8) is 0 Å². The zero-order valence-electron chi connectivity index (χ0n) is 10.7. The summed E-state index contributed by atoms with van der Waals surface area (Å²) in [6.45, 7) is 2.14. The van der Waals surface area contributed by atoms with Gasteiger partial charge in [0.15, 0.2) is 0 Å². The number of carboxylic acids is 1. The van der Waals surface area contributed by atoms with Crippen LogP contribution >= 0.6 is 27.5 Å². The fraction of sp³-hybridized carbons (Fsp3) is 0.133. The smallest absolute Gasteiger partial charge is 0.335 e. The lowest BCUT2D eigenvalue weighted by Gasteiger charge is -2.11. The molecule has 0 saturated carbocycles. The molecule has 0 amide bonds. The van der Waals surface area contributed by atoms with Crippen LogP contribution < -0.4 is 4.74 Å². The molecular formula is C15H12BrClO3. The first kappa shape index (κ1) is 14.9. The molecule has 2 aromatic carbocycles. The number of aromatic carboxylic acids is 1. The van der Waals surface area contributed by atoms with E-state index in [-0.39, 0.29) is 5.56 Å². The summed E-state index contributed by atoms with van der Waals surface area (Å²) in [4.78, 5) is 10.9. The SMILES string of the molecule is Cc1cc(C(=O)O)ccc1OCc1ccc(Br)cc1Cl. The van der Waals surface area contributed by atoms with E-state index in [0.29, 0.717) is 17.4 Å². The Morgan fingerprint density at radius 3 is 2.65 bits per heavy atom. The largest absolute Gasteiger partial charge is 0.489 e. The first-order valence-electron chi connectivity index (χ1n) is 5.88. The van der Waals surface area contributed by atoms with Gasteiger partial charge in [0.2, 0.25) is 0 Å². The zero-order chi connectivity index (χ0) is 14.7. The van der Waals surface area contributed by atoms with Gasteiger partial charge < -0.3 is 9.84 Å². The van der Waals surface area contributed by atoms with Crippen molar-refractivity contribution in [1.82, 2.24) is 0 Å². The fourth-order valence-electron chi connectivity index (χ4n) is 1.74. The van der Waals surface area contributed by atoms with Crippen LogP contribution in [0.5, 0.6) is 5.75 Å². The van der Waals surface area contributed by atoms with Gasteiger partial charge in [-0.25, -0.2) is 4.79 Å². The molecule has 0 radical (unpaired) electrons. The number of benzene rings is 2. The van der Waals surface area contributed by atoms with Crippen LogP contribution in [0.1, 0.15) is 21.5 Å². The van der Waals surface area contributed by atoms with E-state index < -0.39 is 5.97 Å². The summed E-state index contributed by atoms with van der Waals surface area (Å²) in [6.07, 6.45) is 0. The third kappa shape index (κ3) is 3.52. The second-order valence-electron chi connectivity index (χ2n) is 4.31. The Morgan fingerprint density at radius 1 is 1.30 bits per heavy atom. The molecule has 0 fully saturated rings. The first-order valence-corrected chi connectivity index (χ1v) is 7.05. The molecule has 20 heavy (non-hydrogen) atoms. The van der Waals surface area contributed by atoms with Crippen molar-refractivity contribution in [2.24, 2.45) is 0 Å². The molecule has 0 heterocycles. The molecule has 0 aliphatic carbocycles. The van der Waals surface area contributed by atoms with Crippen molar-refractivity contribution in [3.05, 3.63) is 62.6 Å². The number of hydrogen-bond donors (Lipinski definition) is 1. The molecule has 0 aromatic heterocycles. The average molecular weight is 356 g/mol. The zero-order valence-corrected chi connectivity index (χ0v) is 13.0. The van der Waals surface area contributed by atoms with Crippen LogP contribution in [0.15, 0.2) is 40.9 Å². The molecule has 2 rings (SSSR count). The number of ether oxygens (including phenoxy) is 1. The molecule has 0 atom stereocenters.